The van der Waals surface area contributed by atoms with Crippen molar-refractivity contribution >= 4 is 46.2 Å². The van der Waals surface area contributed by atoms with E-state index in [0.29, 0.717) is 39.0 Å². The van der Waals surface area contributed by atoms with Gasteiger partial charge in [-0.2, -0.15) is 0 Å². The number of aryl methyl sites for hydroxylation is 1. The molecule has 35 heavy (non-hydrogen) atoms. The lowest BCUT2D eigenvalue weighted by molar-refractivity contribution is 0.197. The summed E-state index contributed by atoms with van der Waals surface area (Å²) in [7, 11) is 1.75. The Morgan fingerprint density at radius 1 is 1.26 bits per heavy atom. The monoisotopic (exact) mass is 492 g/mol. The number of guanidine groups is 1. The molecule has 0 amide bonds. The molecule has 180 valence electrons. The number of pyridine rings is 2. The second kappa shape index (κ2) is 9.37. The molecule has 0 bridgehead atoms. The van der Waals surface area contributed by atoms with Gasteiger partial charge in [0.15, 0.2) is 5.94 Å². The maximum atomic E-state index is 11.8. The highest BCUT2D eigenvalue weighted by atomic mass is 35.5. The average Bonchev–Trinajstić information content (AvgIpc) is 3.18. The van der Waals surface area contributed by atoms with E-state index in [0.717, 1.165) is 21.4 Å². The molecule has 1 unspecified atom stereocenters. The summed E-state index contributed by atoms with van der Waals surface area (Å²) in [6.07, 6.45) is 3.58. The number of nitrogens with zero attached hydrogens (tertiary/aromatic N) is 5. The molecule has 4 rings (SSSR count). The number of hydrogen-bond donors (Lipinski definition) is 2. The van der Waals surface area contributed by atoms with Gasteiger partial charge in [0.05, 0.1) is 16.3 Å². The Hall–Kier alpha value is -3.94. The number of halogens is 1. The molecule has 3 aromatic rings. The minimum Gasteiger partial charge on any atom is -0.464 e. The maximum Gasteiger partial charge on any atom is 0.417 e. The molecule has 0 aliphatic carbocycles. The summed E-state index contributed by atoms with van der Waals surface area (Å²) in [6.45, 7) is 7.77. The van der Waals surface area contributed by atoms with E-state index in [1.807, 2.05) is 45.8 Å². The highest BCUT2D eigenvalue weighted by Crippen LogP contribution is 2.34. The van der Waals surface area contributed by atoms with E-state index in [2.05, 4.69) is 15.3 Å². The number of rotatable bonds is 4. The third-order valence-electron chi connectivity index (χ3n) is 5.91. The van der Waals surface area contributed by atoms with Crippen LogP contribution in [-0.4, -0.2) is 55.6 Å². The van der Waals surface area contributed by atoms with E-state index >= 15 is 0 Å². The molecule has 1 atom stereocenters. The fraction of sp³-hybridized carbons (Fsp3) is 0.280. The van der Waals surface area contributed by atoms with E-state index in [-0.39, 0.29) is 12.0 Å². The lowest BCUT2D eigenvalue weighted by Gasteiger charge is -2.28. The van der Waals surface area contributed by atoms with Crippen molar-refractivity contribution in [1.29, 1.82) is 0 Å². The predicted molar refractivity (Wildman–Crippen MR) is 135 cm³/mol. The quantitative estimate of drug-likeness (QED) is 0.518. The summed E-state index contributed by atoms with van der Waals surface area (Å²) < 4.78 is 1.10. The maximum absolute atomic E-state index is 11.8. The third-order valence-corrected chi connectivity index (χ3v) is 6.12. The Labute approximate surface area is 207 Å². The number of hydrogen-bond acceptors (Lipinski definition) is 5. The van der Waals surface area contributed by atoms with Gasteiger partial charge in [0.1, 0.15) is 11.3 Å². The highest BCUT2D eigenvalue weighted by molar-refractivity contribution is 6.31. The molecule has 0 fully saturated rings. The first-order valence-electron chi connectivity index (χ1n) is 11.0. The lowest BCUT2D eigenvalue weighted by atomic mass is 9.91. The van der Waals surface area contributed by atoms with E-state index < -0.39 is 6.09 Å². The summed E-state index contributed by atoms with van der Waals surface area (Å²) in [5.41, 5.74) is 4.30. The predicted octanol–water partition coefficient (Wildman–Crippen LogP) is 4.43. The molecule has 2 N–H and O–H groups in total. The van der Waals surface area contributed by atoms with Crippen molar-refractivity contribution in [3.05, 3.63) is 70.0 Å². The number of aromatic nitrogens is 3. The molecule has 3 aromatic heterocycles. The van der Waals surface area contributed by atoms with Crippen molar-refractivity contribution in [3.63, 3.8) is 0 Å². The van der Waals surface area contributed by atoms with Crippen molar-refractivity contribution < 1.29 is 14.7 Å². The molecule has 0 saturated carbocycles. The average molecular weight is 493 g/mol. The van der Waals surface area contributed by atoms with Crippen molar-refractivity contribution in [1.82, 2.24) is 24.8 Å². The molecule has 0 spiro atoms. The van der Waals surface area contributed by atoms with Gasteiger partial charge < -0.3 is 15.3 Å². The zero-order valence-electron chi connectivity index (χ0n) is 20.0. The van der Waals surface area contributed by atoms with Crippen LogP contribution in [0.25, 0.3) is 16.6 Å². The topological polar surface area (TPSA) is 113 Å². The first-order chi connectivity index (χ1) is 16.6. The Morgan fingerprint density at radius 3 is 2.63 bits per heavy atom. The van der Waals surface area contributed by atoms with Gasteiger partial charge in [-0.05, 0) is 44.0 Å². The molecule has 10 heteroatoms. The molecule has 0 radical (unpaired) electrons. The van der Waals surface area contributed by atoms with Gasteiger partial charge >= 0.3 is 6.09 Å². The van der Waals surface area contributed by atoms with Crippen LogP contribution in [0.3, 0.4) is 0 Å². The number of fused-ring (bicyclic) bond motifs is 1. The van der Waals surface area contributed by atoms with E-state index in [9.17, 15) is 14.7 Å². The Morgan fingerprint density at radius 2 is 2.00 bits per heavy atom. The minimum absolute atomic E-state index is 0.0566. The molecular formula is C25H25ClN6O3. The summed E-state index contributed by atoms with van der Waals surface area (Å²) in [6, 6.07) is 5.55. The molecular weight excluding hydrogens is 468 g/mol. The normalized spacial score (nSPS) is 15.9. The van der Waals surface area contributed by atoms with E-state index in [1.165, 1.54) is 6.20 Å². The lowest BCUT2D eigenvalue weighted by Crippen LogP contribution is -2.40. The smallest absolute Gasteiger partial charge is 0.417 e. The van der Waals surface area contributed by atoms with E-state index in [1.54, 1.807) is 30.4 Å². The number of carboxylic acid groups (broad SMARTS) is 1. The number of carbonyl (C=O) groups excluding carboxylic acids is 1. The van der Waals surface area contributed by atoms with Gasteiger partial charge in [-0.3, -0.25) is 4.98 Å². The van der Waals surface area contributed by atoms with Crippen LogP contribution in [0, 0.1) is 6.92 Å². The third kappa shape index (κ3) is 4.43. The molecule has 1 aliphatic heterocycles. The number of nitrogens with one attached hydrogen (secondary N) is 1. The van der Waals surface area contributed by atoms with Crippen LogP contribution in [0.4, 0.5) is 4.79 Å². The fourth-order valence-corrected chi connectivity index (χ4v) is 4.38. The summed E-state index contributed by atoms with van der Waals surface area (Å²) in [4.78, 5) is 38.7. The van der Waals surface area contributed by atoms with Crippen molar-refractivity contribution in [2.24, 2.45) is 4.99 Å². The minimum atomic E-state index is -1.12. The van der Waals surface area contributed by atoms with Crippen LogP contribution < -0.4 is 5.32 Å². The molecule has 9 nitrogen and oxygen atoms in total. The van der Waals surface area contributed by atoms with Crippen LogP contribution >= 0.6 is 11.6 Å². The van der Waals surface area contributed by atoms with Crippen LogP contribution in [0.5, 0.6) is 0 Å². The van der Waals surface area contributed by atoms with Crippen molar-refractivity contribution in [3.8, 4) is 0 Å². The first-order valence-corrected chi connectivity index (χ1v) is 11.4. The van der Waals surface area contributed by atoms with Gasteiger partial charge in [-0.15, -0.1) is 0 Å². The Bertz CT molecular complexity index is 1450. The molecule has 4 heterocycles. The van der Waals surface area contributed by atoms with Gasteiger partial charge in [0.2, 0.25) is 5.96 Å². The zero-order chi connectivity index (χ0) is 25.4. The standard InChI is InChI=1S/C25H25ClN6O3/c1-13(2)29-24-28-10-19(22(12-33)31(24)5)21-7-6-17(15(4)30-21)14(3)20-11-32(25(34)35)23-18(20)8-16(26)9-27-23/h6-11,13-14H,1-5H3,(H,28,29)(H,34,35). The number of allylic oxidation sites excluding steroid dienone is 1. The van der Waals surface area contributed by atoms with Crippen LogP contribution in [-0.2, 0) is 4.79 Å². The zero-order valence-corrected chi connectivity index (χ0v) is 20.8. The first kappa shape index (κ1) is 24.2. The molecule has 0 aromatic carbocycles. The summed E-state index contributed by atoms with van der Waals surface area (Å²) >= 11 is 6.16. The van der Waals surface area contributed by atoms with Crippen LogP contribution in [0.15, 0.2) is 47.5 Å². The fourth-order valence-electron chi connectivity index (χ4n) is 4.22. The van der Waals surface area contributed by atoms with Crippen molar-refractivity contribution in [2.45, 2.75) is 39.7 Å². The summed E-state index contributed by atoms with van der Waals surface area (Å²) in [5, 5.41) is 13.8. The van der Waals surface area contributed by atoms with Crippen molar-refractivity contribution in [2.75, 3.05) is 7.05 Å². The van der Waals surface area contributed by atoms with Crippen LogP contribution in [0.2, 0.25) is 5.02 Å². The molecule has 0 saturated heterocycles. The van der Waals surface area contributed by atoms with Crippen LogP contribution in [0.1, 0.15) is 49.2 Å². The Balaban J connectivity index is 1.74. The summed E-state index contributed by atoms with van der Waals surface area (Å²) in [5.74, 6) is 2.39. The van der Waals surface area contributed by atoms with E-state index in [4.69, 9.17) is 16.6 Å². The van der Waals surface area contributed by atoms with Gasteiger partial charge in [-0.25, -0.2) is 24.1 Å². The largest absolute Gasteiger partial charge is 0.464 e. The SMILES string of the molecule is Cc1nc(C2=CNC(=NC(C)C)N(C)C2=C=O)ccc1C(C)c1cn(C(=O)O)c2ncc(Cl)cc12. The second-order valence-corrected chi connectivity index (χ2v) is 9.05. The highest BCUT2D eigenvalue weighted by Gasteiger charge is 2.26. The second-order valence-electron chi connectivity index (χ2n) is 8.61. The number of likely N-dealkylation sites (N-methyl/N-ethyl adjacent to an activating group) is 1. The number of carbonyl (C=O) groups is 1. The number of aliphatic imine (C=N–C) groups is 1. The van der Waals surface area contributed by atoms with Gasteiger partial charge in [-0.1, -0.05) is 24.6 Å². The molecule has 1 aliphatic rings. The van der Waals surface area contributed by atoms with Gasteiger partial charge in [0, 0.05) is 48.7 Å². The van der Waals surface area contributed by atoms with Gasteiger partial charge in [0.25, 0.3) is 0 Å². The Kier molecular flexibility index (Phi) is 6.47.